The number of anilines is 2. The van der Waals surface area contributed by atoms with Crippen LogP contribution in [-0.4, -0.2) is 18.0 Å². The fourth-order valence-corrected chi connectivity index (χ4v) is 2.93. The van der Waals surface area contributed by atoms with Crippen LogP contribution in [0.2, 0.25) is 0 Å². The van der Waals surface area contributed by atoms with Gasteiger partial charge in [0.25, 0.3) is 5.91 Å². The predicted molar refractivity (Wildman–Crippen MR) is 118 cm³/mol. The zero-order valence-electron chi connectivity index (χ0n) is 17.3. The summed E-state index contributed by atoms with van der Waals surface area (Å²) in [6, 6.07) is 19.2. The van der Waals surface area contributed by atoms with Gasteiger partial charge in [0, 0.05) is 17.7 Å². The summed E-state index contributed by atoms with van der Waals surface area (Å²) >= 11 is 0. The third-order valence-electron chi connectivity index (χ3n) is 4.69. The molecule has 150 valence electrons. The first-order valence-electron chi connectivity index (χ1n) is 9.60. The molecule has 1 aromatic heterocycles. The molecule has 5 nitrogen and oxygen atoms in total. The van der Waals surface area contributed by atoms with Gasteiger partial charge in [-0.25, -0.2) is 4.98 Å². The van der Waals surface area contributed by atoms with Crippen molar-refractivity contribution in [2.45, 2.75) is 32.7 Å². The van der Waals surface area contributed by atoms with Crippen molar-refractivity contribution in [2.24, 2.45) is 0 Å². The maximum absolute atomic E-state index is 12.5. The maximum atomic E-state index is 12.5. The number of nitrogens with zero attached hydrogens (tertiary/aromatic N) is 1. The smallest absolute Gasteiger partial charge is 0.256 e. The molecule has 5 heteroatoms. The van der Waals surface area contributed by atoms with E-state index in [0.29, 0.717) is 17.9 Å². The summed E-state index contributed by atoms with van der Waals surface area (Å²) in [4.78, 5) is 16.8. The number of amides is 1. The number of carbonyl (C=O) groups is 1. The van der Waals surface area contributed by atoms with Gasteiger partial charge < -0.3 is 15.4 Å². The summed E-state index contributed by atoms with van der Waals surface area (Å²) in [6.45, 7) is 7.07. The molecule has 0 saturated carbocycles. The van der Waals surface area contributed by atoms with Crippen LogP contribution in [-0.2, 0) is 12.0 Å². The first-order chi connectivity index (χ1) is 13.9. The van der Waals surface area contributed by atoms with E-state index in [2.05, 4.69) is 36.4 Å². The van der Waals surface area contributed by atoms with Gasteiger partial charge in [0.1, 0.15) is 11.6 Å². The number of carbonyl (C=O) groups excluding carboxylic acids is 1. The highest BCUT2D eigenvalue weighted by Gasteiger charge is 2.14. The molecule has 0 atom stereocenters. The fraction of sp³-hybridized carbons (Fsp3) is 0.250. The Kier molecular flexibility index (Phi) is 6.17. The van der Waals surface area contributed by atoms with Crippen molar-refractivity contribution in [3.8, 4) is 5.75 Å². The number of pyridine rings is 1. The molecule has 0 fully saturated rings. The fourth-order valence-electron chi connectivity index (χ4n) is 2.93. The second-order valence-electron chi connectivity index (χ2n) is 7.88. The molecule has 2 aromatic carbocycles. The van der Waals surface area contributed by atoms with E-state index in [1.165, 1.54) is 5.56 Å². The van der Waals surface area contributed by atoms with Crippen LogP contribution in [0.1, 0.15) is 42.3 Å². The summed E-state index contributed by atoms with van der Waals surface area (Å²) in [7, 11) is 1.66. The van der Waals surface area contributed by atoms with Crippen LogP contribution < -0.4 is 15.4 Å². The zero-order chi connectivity index (χ0) is 20.9. The van der Waals surface area contributed by atoms with E-state index in [4.69, 9.17) is 4.74 Å². The van der Waals surface area contributed by atoms with Gasteiger partial charge in [0.15, 0.2) is 0 Å². The van der Waals surface area contributed by atoms with Gasteiger partial charge in [-0.1, -0.05) is 51.1 Å². The highest BCUT2D eigenvalue weighted by molar-refractivity contribution is 6.03. The van der Waals surface area contributed by atoms with Crippen molar-refractivity contribution in [3.05, 3.63) is 83.6 Å². The maximum Gasteiger partial charge on any atom is 0.256 e. The Morgan fingerprint density at radius 3 is 2.34 bits per heavy atom. The minimum Gasteiger partial charge on any atom is -0.496 e. The molecule has 0 bridgehead atoms. The molecule has 0 aliphatic rings. The van der Waals surface area contributed by atoms with Crippen molar-refractivity contribution in [2.75, 3.05) is 17.7 Å². The molecule has 3 aromatic rings. The lowest BCUT2D eigenvalue weighted by molar-refractivity contribution is 0.102. The standard InChI is InChI=1S/C24H27N3O2/c1-24(2,3)19-11-9-17(10-12-19)23(28)27-22-14-13-20(16-26-22)25-15-18-7-5-6-8-21(18)29-4/h5-14,16,25H,15H2,1-4H3,(H,26,27,28). The Morgan fingerprint density at radius 2 is 1.72 bits per heavy atom. The highest BCUT2D eigenvalue weighted by atomic mass is 16.5. The van der Waals surface area contributed by atoms with Crippen LogP contribution >= 0.6 is 0 Å². The van der Waals surface area contributed by atoms with Crippen LogP contribution in [0.3, 0.4) is 0 Å². The van der Waals surface area contributed by atoms with Crippen molar-refractivity contribution >= 4 is 17.4 Å². The van der Waals surface area contributed by atoms with Gasteiger partial charge in [-0.2, -0.15) is 0 Å². The molecule has 0 spiro atoms. The normalized spacial score (nSPS) is 11.0. The van der Waals surface area contributed by atoms with E-state index in [1.807, 2.05) is 54.6 Å². The summed E-state index contributed by atoms with van der Waals surface area (Å²) in [5, 5.41) is 6.15. The van der Waals surface area contributed by atoms with Gasteiger partial charge in [-0.05, 0) is 41.3 Å². The summed E-state index contributed by atoms with van der Waals surface area (Å²) in [6.07, 6.45) is 1.70. The third kappa shape index (κ3) is 5.35. The minimum atomic E-state index is -0.173. The number of aromatic nitrogens is 1. The average Bonchev–Trinajstić information content (AvgIpc) is 2.73. The number of benzene rings is 2. The zero-order valence-corrected chi connectivity index (χ0v) is 17.3. The molecule has 1 heterocycles. The van der Waals surface area contributed by atoms with Crippen LogP contribution in [0.5, 0.6) is 5.75 Å². The van der Waals surface area contributed by atoms with Crippen LogP contribution in [0, 0.1) is 0 Å². The molecule has 29 heavy (non-hydrogen) atoms. The molecule has 0 aliphatic heterocycles. The van der Waals surface area contributed by atoms with Crippen molar-refractivity contribution in [1.82, 2.24) is 4.98 Å². The Balaban J connectivity index is 1.59. The Labute approximate surface area is 172 Å². The van der Waals surface area contributed by atoms with Crippen LogP contribution in [0.25, 0.3) is 0 Å². The topological polar surface area (TPSA) is 63.2 Å². The first kappa shape index (κ1) is 20.4. The van der Waals surface area contributed by atoms with Crippen molar-refractivity contribution in [3.63, 3.8) is 0 Å². The van der Waals surface area contributed by atoms with E-state index < -0.39 is 0 Å². The SMILES string of the molecule is COc1ccccc1CNc1ccc(NC(=O)c2ccc(C(C)(C)C)cc2)nc1. The van der Waals surface area contributed by atoms with Gasteiger partial charge in [-0.3, -0.25) is 4.79 Å². The number of methoxy groups -OCH3 is 1. The quantitative estimate of drug-likeness (QED) is 0.604. The first-order valence-corrected chi connectivity index (χ1v) is 9.60. The lowest BCUT2D eigenvalue weighted by Gasteiger charge is -2.19. The molecule has 2 N–H and O–H groups in total. The molecule has 0 unspecified atom stereocenters. The van der Waals surface area contributed by atoms with Crippen LogP contribution in [0.4, 0.5) is 11.5 Å². The number of para-hydroxylation sites is 1. The summed E-state index contributed by atoms with van der Waals surface area (Å²) < 4.78 is 5.36. The molecular formula is C24H27N3O2. The summed E-state index contributed by atoms with van der Waals surface area (Å²) in [5.41, 5.74) is 3.79. The third-order valence-corrected chi connectivity index (χ3v) is 4.69. The van der Waals surface area contributed by atoms with Crippen molar-refractivity contribution < 1.29 is 9.53 Å². The Bertz CT molecular complexity index is 959. The second-order valence-corrected chi connectivity index (χ2v) is 7.88. The number of hydrogen-bond acceptors (Lipinski definition) is 4. The van der Waals surface area contributed by atoms with E-state index in [1.54, 1.807) is 19.4 Å². The Hall–Kier alpha value is -3.34. The van der Waals surface area contributed by atoms with Gasteiger partial charge >= 0.3 is 0 Å². The monoisotopic (exact) mass is 389 g/mol. The van der Waals surface area contributed by atoms with Crippen molar-refractivity contribution in [1.29, 1.82) is 0 Å². The largest absolute Gasteiger partial charge is 0.496 e. The molecule has 0 saturated heterocycles. The lowest BCUT2D eigenvalue weighted by atomic mass is 9.87. The van der Waals surface area contributed by atoms with Gasteiger partial charge in [0.05, 0.1) is 19.0 Å². The number of nitrogens with one attached hydrogen (secondary N) is 2. The van der Waals surface area contributed by atoms with Crippen LogP contribution in [0.15, 0.2) is 66.9 Å². The molecule has 0 aliphatic carbocycles. The second kappa shape index (κ2) is 8.78. The molecule has 3 rings (SSSR count). The number of rotatable bonds is 6. The number of hydrogen-bond donors (Lipinski definition) is 2. The summed E-state index contributed by atoms with van der Waals surface area (Å²) in [5.74, 6) is 1.18. The molecule has 1 amide bonds. The average molecular weight is 389 g/mol. The Morgan fingerprint density at radius 1 is 1.00 bits per heavy atom. The molecule has 0 radical (unpaired) electrons. The van der Waals surface area contributed by atoms with E-state index in [-0.39, 0.29) is 11.3 Å². The lowest BCUT2D eigenvalue weighted by Crippen LogP contribution is -2.15. The number of ether oxygens (including phenoxy) is 1. The molecular weight excluding hydrogens is 362 g/mol. The van der Waals surface area contributed by atoms with Gasteiger partial charge in [0.2, 0.25) is 0 Å². The minimum absolute atomic E-state index is 0.0587. The van der Waals surface area contributed by atoms with E-state index in [0.717, 1.165) is 17.0 Å². The predicted octanol–water partition coefficient (Wildman–Crippen LogP) is 5.25. The highest BCUT2D eigenvalue weighted by Crippen LogP contribution is 2.23. The van der Waals surface area contributed by atoms with Gasteiger partial charge in [-0.15, -0.1) is 0 Å². The van der Waals surface area contributed by atoms with E-state index in [9.17, 15) is 4.79 Å². The van der Waals surface area contributed by atoms with E-state index >= 15 is 0 Å².